The highest BCUT2D eigenvalue weighted by Crippen LogP contribution is 2.15. The summed E-state index contributed by atoms with van der Waals surface area (Å²) in [6, 6.07) is 3.01. The Morgan fingerprint density at radius 3 is 2.86 bits per heavy atom. The molecule has 0 fully saturated rings. The predicted molar refractivity (Wildman–Crippen MR) is 51.2 cm³/mol. The first-order chi connectivity index (χ1) is 6.67. The van der Waals surface area contributed by atoms with Crippen molar-refractivity contribution < 1.29 is 14.3 Å². The van der Waals surface area contributed by atoms with Crippen LogP contribution in [0.5, 0.6) is 5.75 Å². The van der Waals surface area contributed by atoms with Gasteiger partial charge in [0.1, 0.15) is 11.6 Å². The minimum Gasteiger partial charge on any atom is -0.497 e. The van der Waals surface area contributed by atoms with Gasteiger partial charge in [0.05, 0.1) is 13.7 Å². The molecule has 0 spiro atoms. The topological polar surface area (TPSA) is 74.4 Å². The summed E-state index contributed by atoms with van der Waals surface area (Å²) in [6.45, 7) is 2.03. The Labute approximate surface area is 81.8 Å². The van der Waals surface area contributed by atoms with E-state index >= 15 is 0 Å². The largest absolute Gasteiger partial charge is 0.497 e. The van der Waals surface area contributed by atoms with Gasteiger partial charge in [-0.25, -0.2) is 9.78 Å². The summed E-state index contributed by atoms with van der Waals surface area (Å²) in [5.74, 6) is 0.214. The number of pyridine rings is 1. The number of nitrogen functional groups attached to an aromatic ring is 1. The van der Waals surface area contributed by atoms with Crippen LogP contribution in [0.2, 0.25) is 0 Å². The molecule has 0 unspecified atom stereocenters. The smallest absolute Gasteiger partial charge is 0.357 e. The van der Waals surface area contributed by atoms with Crippen molar-refractivity contribution >= 4 is 11.8 Å². The molecule has 1 rings (SSSR count). The highest BCUT2D eigenvalue weighted by Gasteiger charge is 2.10. The van der Waals surface area contributed by atoms with Crippen LogP contribution in [0, 0.1) is 0 Å². The minimum absolute atomic E-state index is 0.156. The number of rotatable bonds is 3. The van der Waals surface area contributed by atoms with Crippen molar-refractivity contribution in [1.82, 2.24) is 4.98 Å². The van der Waals surface area contributed by atoms with Crippen molar-refractivity contribution in [2.45, 2.75) is 6.92 Å². The van der Waals surface area contributed by atoms with Crippen molar-refractivity contribution in [2.24, 2.45) is 0 Å². The minimum atomic E-state index is -0.502. The van der Waals surface area contributed by atoms with Gasteiger partial charge in [0.25, 0.3) is 0 Å². The SMILES string of the molecule is CCOC(=O)c1cc(OC)cc(N)n1. The Hall–Kier alpha value is -1.78. The van der Waals surface area contributed by atoms with Gasteiger partial charge in [-0.05, 0) is 6.92 Å². The van der Waals surface area contributed by atoms with Crippen LogP contribution in [-0.4, -0.2) is 24.7 Å². The second-order valence-corrected chi connectivity index (χ2v) is 2.54. The van der Waals surface area contributed by atoms with Gasteiger partial charge in [-0.2, -0.15) is 0 Å². The van der Waals surface area contributed by atoms with Gasteiger partial charge >= 0.3 is 5.97 Å². The number of nitrogens with zero attached hydrogens (tertiary/aromatic N) is 1. The van der Waals surface area contributed by atoms with E-state index in [1.54, 1.807) is 6.92 Å². The zero-order valence-corrected chi connectivity index (χ0v) is 8.11. The van der Waals surface area contributed by atoms with Gasteiger partial charge in [-0.15, -0.1) is 0 Å². The molecule has 0 bridgehead atoms. The average Bonchev–Trinajstić information content (AvgIpc) is 2.17. The maximum atomic E-state index is 11.3. The fraction of sp³-hybridized carbons (Fsp3) is 0.333. The Morgan fingerprint density at radius 2 is 2.29 bits per heavy atom. The highest BCUT2D eigenvalue weighted by atomic mass is 16.5. The summed E-state index contributed by atoms with van der Waals surface area (Å²) in [5.41, 5.74) is 5.63. The summed E-state index contributed by atoms with van der Waals surface area (Å²) < 4.78 is 9.71. The number of aromatic nitrogens is 1. The van der Waals surface area contributed by atoms with E-state index in [-0.39, 0.29) is 11.5 Å². The fourth-order valence-corrected chi connectivity index (χ4v) is 0.953. The quantitative estimate of drug-likeness (QED) is 0.725. The standard InChI is InChI=1S/C9H12N2O3/c1-3-14-9(12)7-4-6(13-2)5-8(10)11-7/h4-5H,3H2,1-2H3,(H2,10,11). The van der Waals surface area contributed by atoms with Crippen LogP contribution in [0.4, 0.5) is 5.82 Å². The molecule has 1 aromatic rings. The third-order valence-electron chi connectivity index (χ3n) is 1.54. The summed E-state index contributed by atoms with van der Waals surface area (Å²) in [4.78, 5) is 15.1. The summed E-state index contributed by atoms with van der Waals surface area (Å²) in [5, 5.41) is 0. The van der Waals surface area contributed by atoms with Crippen LogP contribution in [-0.2, 0) is 4.74 Å². The molecular weight excluding hydrogens is 184 g/mol. The van der Waals surface area contributed by atoms with Gasteiger partial charge < -0.3 is 15.2 Å². The Balaban J connectivity index is 2.96. The first kappa shape index (κ1) is 10.3. The summed E-state index contributed by atoms with van der Waals surface area (Å²) in [7, 11) is 1.49. The highest BCUT2D eigenvalue weighted by molar-refractivity contribution is 5.88. The maximum Gasteiger partial charge on any atom is 0.357 e. The molecule has 14 heavy (non-hydrogen) atoms. The number of carbonyl (C=O) groups excluding carboxylic acids is 1. The summed E-state index contributed by atoms with van der Waals surface area (Å²) in [6.07, 6.45) is 0. The average molecular weight is 196 g/mol. The first-order valence-corrected chi connectivity index (χ1v) is 4.16. The molecule has 1 aromatic heterocycles. The Morgan fingerprint density at radius 1 is 1.57 bits per heavy atom. The van der Waals surface area contributed by atoms with E-state index in [4.69, 9.17) is 15.2 Å². The Kier molecular flexibility index (Phi) is 3.28. The van der Waals surface area contributed by atoms with Gasteiger partial charge in [-0.1, -0.05) is 0 Å². The number of hydrogen-bond donors (Lipinski definition) is 1. The van der Waals surface area contributed by atoms with Crippen molar-refractivity contribution in [1.29, 1.82) is 0 Å². The number of methoxy groups -OCH3 is 1. The maximum absolute atomic E-state index is 11.3. The molecule has 0 saturated carbocycles. The lowest BCUT2D eigenvalue weighted by Crippen LogP contribution is -2.08. The van der Waals surface area contributed by atoms with E-state index in [1.807, 2.05) is 0 Å². The van der Waals surface area contributed by atoms with E-state index in [9.17, 15) is 4.79 Å². The second-order valence-electron chi connectivity index (χ2n) is 2.54. The van der Waals surface area contributed by atoms with E-state index in [0.29, 0.717) is 12.4 Å². The summed E-state index contributed by atoms with van der Waals surface area (Å²) >= 11 is 0. The van der Waals surface area contributed by atoms with Crippen LogP contribution in [0.3, 0.4) is 0 Å². The molecule has 76 valence electrons. The fourth-order valence-electron chi connectivity index (χ4n) is 0.953. The molecule has 0 amide bonds. The molecular formula is C9H12N2O3. The van der Waals surface area contributed by atoms with E-state index in [0.717, 1.165) is 0 Å². The molecule has 0 atom stereocenters. The zero-order valence-electron chi connectivity index (χ0n) is 8.11. The number of nitrogens with two attached hydrogens (primary N) is 1. The molecule has 5 nitrogen and oxygen atoms in total. The van der Waals surface area contributed by atoms with Gasteiger partial charge in [-0.3, -0.25) is 0 Å². The number of esters is 1. The van der Waals surface area contributed by atoms with Gasteiger partial charge in [0.15, 0.2) is 5.69 Å². The van der Waals surface area contributed by atoms with E-state index in [1.165, 1.54) is 19.2 Å². The molecule has 2 N–H and O–H groups in total. The lowest BCUT2D eigenvalue weighted by molar-refractivity contribution is 0.0519. The lowest BCUT2D eigenvalue weighted by Gasteiger charge is -2.04. The zero-order chi connectivity index (χ0) is 10.6. The second kappa shape index (κ2) is 4.45. The van der Waals surface area contributed by atoms with Crippen LogP contribution in [0.25, 0.3) is 0 Å². The molecule has 0 aliphatic heterocycles. The van der Waals surface area contributed by atoms with Crippen molar-refractivity contribution in [3.05, 3.63) is 17.8 Å². The van der Waals surface area contributed by atoms with Crippen LogP contribution in [0.15, 0.2) is 12.1 Å². The normalized spacial score (nSPS) is 9.57. The van der Waals surface area contributed by atoms with Crippen LogP contribution in [0.1, 0.15) is 17.4 Å². The molecule has 0 saturated heterocycles. The van der Waals surface area contributed by atoms with E-state index in [2.05, 4.69) is 4.98 Å². The molecule has 0 aliphatic carbocycles. The third-order valence-corrected chi connectivity index (χ3v) is 1.54. The lowest BCUT2D eigenvalue weighted by atomic mass is 10.3. The molecule has 0 radical (unpaired) electrons. The van der Waals surface area contributed by atoms with E-state index < -0.39 is 5.97 Å². The predicted octanol–water partition coefficient (Wildman–Crippen LogP) is 0.849. The number of carbonyl (C=O) groups is 1. The molecule has 0 aliphatic rings. The Bertz CT molecular complexity index is 339. The van der Waals surface area contributed by atoms with Crippen molar-refractivity contribution in [3.63, 3.8) is 0 Å². The van der Waals surface area contributed by atoms with Gasteiger partial charge in [0, 0.05) is 12.1 Å². The molecule has 0 aromatic carbocycles. The number of anilines is 1. The monoisotopic (exact) mass is 196 g/mol. The van der Waals surface area contributed by atoms with Crippen LogP contribution < -0.4 is 10.5 Å². The van der Waals surface area contributed by atoms with Crippen LogP contribution >= 0.6 is 0 Å². The van der Waals surface area contributed by atoms with Crippen molar-refractivity contribution in [2.75, 3.05) is 19.5 Å². The number of ether oxygens (including phenoxy) is 2. The van der Waals surface area contributed by atoms with Crippen molar-refractivity contribution in [3.8, 4) is 5.75 Å². The number of hydrogen-bond acceptors (Lipinski definition) is 5. The molecule has 1 heterocycles. The third kappa shape index (κ3) is 2.35. The molecule has 5 heteroatoms. The first-order valence-electron chi connectivity index (χ1n) is 4.16. The van der Waals surface area contributed by atoms with Gasteiger partial charge in [0.2, 0.25) is 0 Å².